The first-order valence-electron chi connectivity index (χ1n) is 11.6. The van der Waals surface area contributed by atoms with E-state index in [9.17, 15) is 5.26 Å². The fraction of sp³-hybridized carbons (Fsp3) is 0.100. The number of nitrogens with zero attached hydrogens (tertiary/aromatic N) is 2. The first-order valence-corrected chi connectivity index (χ1v) is 16.5. The molecule has 0 fully saturated rings. The maximum absolute atomic E-state index is 9.51. The van der Waals surface area contributed by atoms with Crippen LogP contribution in [0.25, 0.3) is 10.9 Å². The van der Waals surface area contributed by atoms with Gasteiger partial charge in [0.05, 0.1) is 0 Å². The van der Waals surface area contributed by atoms with Crippen LogP contribution in [0.1, 0.15) is 11.3 Å². The number of alkyl halides is 1. The molecule has 0 spiro atoms. The van der Waals surface area contributed by atoms with Gasteiger partial charge in [0.2, 0.25) is 0 Å². The van der Waals surface area contributed by atoms with Crippen molar-refractivity contribution in [3.63, 3.8) is 0 Å². The summed E-state index contributed by atoms with van der Waals surface area (Å²) in [6.07, 6.45) is 0.775. The normalized spacial score (nSPS) is 12.7. The molecule has 0 aliphatic heterocycles. The third-order valence-electron chi connectivity index (χ3n) is 6.77. The molecular weight excluding hydrogens is 535 g/mol. The van der Waals surface area contributed by atoms with Gasteiger partial charge in [-0.3, -0.25) is 0 Å². The van der Waals surface area contributed by atoms with E-state index in [-0.39, 0.29) is 0 Å². The van der Waals surface area contributed by atoms with E-state index in [0.717, 1.165) is 17.1 Å². The van der Waals surface area contributed by atoms with Crippen molar-refractivity contribution in [2.24, 2.45) is 0 Å². The summed E-state index contributed by atoms with van der Waals surface area (Å²) >= 11 is 10.9. The van der Waals surface area contributed by atoms with Crippen LogP contribution in [0.5, 0.6) is 0 Å². The van der Waals surface area contributed by atoms with E-state index < -0.39 is 5.31 Å². The van der Waals surface area contributed by atoms with E-state index in [2.05, 4.69) is 123 Å². The third kappa shape index (κ3) is 4.01. The Labute approximate surface area is 219 Å². The Bertz CT molecular complexity index is 1410. The number of aryl methyl sites for hydroxylation is 1. The third-order valence-corrected chi connectivity index (χ3v) is 16.4. The van der Waals surface area contributed by atoms with Crippen LogP contribution in [0.4, 0.5) is 0 Å². The average Bonchev–Trinajstić information content (AvgIpc) is 3.26. The van der Waals surface area contributed by atoms with Crippen LogP contribution in [-0.4, -0.2) is 10.4 Å². The molecule has 0 bridgehead atoms. The van der Waals surface area contributed by atoms with Gasteiger partial charge in [-0.2, -0.15) is 0 Å². The van der Waals surface area contributed by atoms with Gasteiger partial charge in [-0.05, 0) is 0 Å². The summed E-state index contributed by atoms with van der Waals surface area (Å²) in [5.41, 5.74) is 2.90. The van der Waals surface area contributed by atoms with Crippen LogP contribution in [-0.2, 0) is 12.7 Å². The summed E-state index contributed by atoms with van der Waals surface area (Å²) in [6, 6.07) is 42.9. The van der Waals surface area contributed by atoms with Gasteiger partial charge in [0, 0.05) is 0 Å². The van der Waals surface area contributed by atoms with Crippen molar-refractivity contribution < 1.29 is 0 Å². The number of aromatic nitrogens is 1. The molecule has 0 radical (unpaired) electrons. The second kappa shape index (κ2) is 9.63. The molecule has 1 aromatic heterocycles. The Morgan fingerprint density at radius 1 is 0.743 bits per heavy atom. The fourth-order valence-corrected chi connectivity index (χ4v) is 12.9. The number of benzene rings is 4. The van der Waals surface area contributed by atoms with Crippen LogP contribution < -0.4 is 15.9 Å². The van der Waals surface area contributed by atoms with E-state index in [0.29, 0.717) is 18.0 Å². The Morgan fingerprint density at radius 3 is 1.71 bits per heavy atom. The van der Waals surface area contributed by atoms with Crippen LogP contribution in [0.15, 0.2) is 115 Å². The molecule has 4 aromatic carbocycles. The van der Waals surface area contributed by atoms with Crippen molar-refractivity contribution in [2.75, 3.05) is 5.88 Å². The van der Waals surface area contributed by atoms with Gasteiger partial charge < -0.3 is 0 Å². The zero-order valence-electron chi connectivity index (χ0n) is 19.2. The predicted molar refractivity (Wildman–Crippen MR) is 155 cm³/mol. The van der Waals surface area contributed by atoms with Gasteiger partial charge in [0.15, 0.2) is 0 Å². The van der Waals surface area contributed by atoms with Gasteiger partial charge >= 0.3 is 220 Å². The molecular formula is C30H25BrClN2P. The van der Waals surface area contributed by atoms with Crippen molar-refractivity contribution in [1.29, 1.82) is 5.26 Å². The van der Waals surface area contributed by atoms with Crippen LogP contribution >= 0.6 is 32.4 Å². The number of hydrogen-bond donors (Lipinski definition) is 0. The van der Waals surface area contributed by atoms with Crippen molar-refractivity contribution in [3.8, 4) is 6.07 Å². The van der Waals surface area contributed by atoms with Crippen molar-refractivity contribution >= 4 is 59.2 Å². The van der Waals surface area contributed by atoms with Crippen LogP contribution in [0.2, 0.25) is 0 Å². The van der Waals surface area contributed by atoms with Crippen molar-refractivity contribution in [1.82, 2.24) is 4.57 Å². The summed E-state index contributed by atoms with van der Waals surface area (Å²) in [5, 5.41) is 11.3. The van der Waals surface area contributed by atoms with E-state index in [1.165, 1.54) is 21.6 Å². The second-order valence-electron chi connectivity index (χ2n) is 8.71. The van der Waals surface area contributed by atoms with E-state index in [1.807, 2.05) is 18.2 Å². The minimum absolute atomic E-state index is 0.494. The molecule has 0 N–H and O–H groups in total. The molecule has 0 atom stereocenters. The molecule has 5 aromatic rings. The molecule has 0 unspecified atom stereocenters. The molecule has 1 heterocycles. The summed E-state index contributed by atoms with van der Waals surface area (Å²) in [5.74, 6) is 0.494. The van der Waals surface area contributed by atoms with Gasteiger partial charge in [-0.15, -0.1) is 0 Å². The van der Waals surface area contributed by atoms with Crippen LogP contribution in [0.3, 0.4) is 0 Å². The molecule has 5 rings (SSSR count). The Balaban J connectivity index is 1.86. The Morgan fingerprint density at radius 2 is 1.26 bits per heavy atom. The van der Waals surface area contributed by atoms with E-state index in [1.54, 1.807) is 0 Å². The maximum atomic E-state index is 9.51. The topological polar surface area (TPSA) is 28.7 Å². The zero-order valence-corrected chi connectivity index (χ0v) is 22.4. The van der Waals surface area contributed by atoms with E-state index >= 15 is 0 Å². The molecule has 0 amide bonds. The summed E-state index contributed by atoms with van der Waals surface area (Å²) in [6.45, 7) is 0.674. The standard InChI is InChI=1S/C30H25BrClN2P/c31-35(27-10-4-1-5-11-27,28-12-6-2-7-13-28,29-14-8-3-9-15-29)23-26-21-25-17-16-24(22-33)20-30(25)34(26)19-18-32/h1-17,20-21H,18-19,23H2. The zero-order chi connectivity index (χ0) is 24.3. The molecule has 0 aliphatic carbocycles. The van der Waals surface area contributed by atoms with Gasteiger partial charge in [-0.1, -0.05) is 0 Å². The van der Waals surface area contributed by atoms with Gasteiger partial charge in [0.1, 0.15) is 0 Å². The van der Waals surface area contributed by atoms with Crippen molar-refractivity contribution in [3.05, 3.63) is 127 Å². The minimum atomic E-state index is -3.15. The molecule has 35 heavy (non-hydrogen) atoms. The van der Waals surface area contributed by atoms with Crippen LogP contribution in [0, 0.1) is 11.3 Å². The van der Waals surface area contributed by atoms with Gasteiger partial charge in [-0.25, -0.2) is 0 Å². The first kappa shape index (κ1) is 23.8. The van der Waals surface area contributed by atoms with Crippen molar-refractivity contribution in [2.45, 2.75) is 12.7 Å². The van der Waals surface area contributed by atoms with E-state index in [4.69, 9.17) is 11.6 Å². The first-order chi connectivity index (χ1) is 17.1. The number of nitriles is 1. The Kier molecular flexibility index (Phi) is 6.56. The monoisotopic (exact) mass is 558 g/mol. The molecule has 174 valence electrons. The average molecular weight is 560 g/mol. The predicted octanol–water partition coefficient (Wildman–Crippen LogP) is 7.09. The number of fused-ring (bicyclic) bond motifs is 1. The molecule has 0 saturated heterocycles. The summed E-state index contributed by atoms with van der Waals surface area (Å²) in [4.78, 5) is 0. The quantitative estimate of drug-likeness (QED) is 0.155. The molecule has 0 aliphatic rings. The summed E-state index contributed by atoms with van der Waals surface area (Å²) in [7, 11) is 0. The number of halogens is 2. The molecule has 0 saturated carbocycles. The number of hydrogen-bond acceptors (Lipinski definition) is 1. The second-order valence-corrected chi connectivity index (χ2v) is 18.0. The molecule has 2 nitrogen and oxygen atoms in total. The fourth-order valence-electron chi connectivity index (χ4n) is 5.10. The SMILES string of the molecule is N#Cc1ccc2cc(CP(Br)(c3ccccc3)(c3ccccc3)c3ccccc3)n(CCCl)c2c1. The van der Waals surface area contributed by atoms with Gasteiger partial charge in [0.25, 0.3) is 0 Å². The molecule has 5 heteroatoms. The number of rotatable bonds is 7. The summed E-state index contributed by atoms with van der Waals surface area (Å²) < 4.78 is 2.29. The Hall–Kier alpha value is -2.89.